The van der Waals surface area contributed by atoms with Gasteiger partial charge in [-0.3, -0.25) is 9.48 Å². The summed E-state index contributed by atoms with van der Waals surface area (Å²) < 4.78 is 38.5. The maximum Gasteiger partial charge on any atom is 0.405 e. The summed E-state index contributed by atoms with van der Waals surface area (Å²) in [4.78, 5) is 20.7. The van der Waals surface area contributed by atoms with Crippen LogP contribution in [0.25, 0.3) is 11.3 Å². The smallest absolute Gasteiger partial charge is 0.343 e. The number of nitrogens with zero attached hydrogens (tertiary/aromatic N) is 5. The van der Waals surface area contributed by atoms with Crippen molar-refractivity contribution in [2.45, 2.75) is 33.5 Å². The summed E-state index contributed by atoms with van der Waals surface area (Å²) in [6.45, 7) is 4.50. The molecule has 1 amide bonds. The first-order chi connectivity index (χ1) is 15.5. The molecule has 0 atom stereocenters. The Kier molecular flexibility index (Phi) is 6.67. The first kappa shape index (κ1) is 23.7. The van der Waals surface area contributed by atoms with Crippen LogP contribution >= 0.6 is 0 Å². The van der Waals surface area contributed by atoms with Crippen molar-refractivity contribution in [1.29, 1.82) is 5.26 Å². The van der Waals surface area contributed by atoms with E-state index in [1.54, 1.807) is 35.4 Å². The van der Waals surface area contributed by atoms with Gasteiger partial charge in [0.2, 0.25) is 5.95 Å². The molecule has 0 unspecified atom stereocenters. The van der Waals surface area contributed by atoms with Crippen LogP contribution in [0.15, 0.2) is 42.9 Å². The number of carbonyl (C=O) groups excluding carboxylic acids is 1. The van der Waals surface area contributed by atoms with Crippen molar-refractivity contribution in [3.8, 4) is 17.3 Å². The van der Waals surface area contributed by atoms with E-state index < -0.39 is 24.0 Å². The van der Waals surface area contributed by atoms with Gasteiger partial charge in [0, 0.05) is 23.5 Å². The molecule has 33 heavy (non-hydrogen) atoms. The zero-order valence-corrected chi connectivity index (χ0v) is 18.2. The van der Waals surface area contributed by atoms with Crippen molar-refractivity contribution in [2.24, 2.45) is 5.41 Å². The molecule has 8 nitrogen and oxygen atoms in total. The van der Waals surface area contributed by atoms with E-state index in [0.29, 0.717) is 29.4 Å². The summed E-state index contributed by atoms with van der Waals surface area (Å²) >= 11 is 0. The quantitative estimate of drug-likeness (QED) is 0.550. The molecule has 0 saturated carbocycles. The highest BCUT2D eigenvalue weighted by Gasteiger charge is 2.27. The molecule has 0 fully saturated rings. The van der Waals surface area contributed by atoms with Crippen LogP contribution in [0.1, 0.15) is 29.8 Å². The molecule has 0 radical (unpaired) electrons. The number of halogens is 3. The van der Waals surface area contributed by atoms with Gasteiger partial charge in [-0.2, -0.15) is 23.5 Å². The number of aryl methyl sites for hydroxylation is 1. The predicted molar refractivity (Wildman–Crippen MR) is 115 cm³/mol. The van der Waals surface area contributed by atoms with Crippen molar-refractivity contribution in [3.05, 3.63) is 54.0 Å². The number of nitriles is 1. The molecule has 0 saturated heterocycles. The van der Waals surface area contributed by atoms with E-state index >= 15 is 0 Å². The lowest BCUT2D eigenvalue weighted by Gasteiger charge is -2.14. The molecular formula is C22H22F3N7O. The number of alkyl halides is 3. The Bertz CT molecular complexity index is 1180. The van der Waals surface area contributed by atoms with Crippen molar-refractivity contribution < 1.29 is 18.0 Å². The van der Waals surface area contributed by atoms with Crippen LogP contribution in [0.2, 0.25) is 0 Å². The lowest BCUT2D eigenvalue weighted by atomic mass is 9.96. The second kappa shape index (κ2) is 9.28. The lowest BCUT2D eigenvalue weighted by Crippen LogP contribution is -2.33. The number of amides is 1. The van der Waals surface area contributed by atoms with Crippen molar-refractivity contribution >= 4 is 17.5 Å². The van der Waals surface area contributed by atoms with Gasteiger partial charge in [-0.1, -0.05) is 12.1 Å². The Labute approximate surface area is 188 Å². The van der Waals surface area contributed by atoms with E-state index in [0.717, 1.165) is 5.56 Å². The molecule has 2 N–H and O–H groups in total. The fourth-order valence-electron chi connectivity index (χ4n) is 2.94. The number of nitrogens with one attached hydrogen (secondary N) is 2. The second-order valence-corrected chi connectivity index (χ2v) is 8.15. The maximum atomic E-state index is 12.3. The van der Waals surface area contributed by atoms with Gasteiger partial charge in [-0.15, -0.1) is 0 Å². The SMILES string of the molecule is Cc1cnc(Nc2cnn(CC(C)(C)C#N)c2)nc1-c1ccc(C(=O)NCC(F)(F)F)cc1. The average molecular weight is 457 g/mol. The third kappa shape index (κ3) is 6.52. The number of anilines is 2. The van der Waals surface area contributed by atoms with Crippen molar-refractivity contribution in [1.82, 2.24) is 25.1 Å². The molecule has 0 aliphatic carbocycles. The monoisotopic (exact) mass is 457 g/mol. The van der Waals surface area contributed by atoms with Crippen LogP contribution in [-0.2, 0) is 6.54 Å². The van der Waals surface area contributed by atoms with Crippen LogP contribution in [-0.4, -0.2) is 38.4 Å². The fourth-order valence-corrected chi connectivity index (χ4v) is 2.94. The molecule has 3 rings (SSSR count). The summed E-state index contributed by atoms with van der Waals surface area (Å²) in [5.41, 5.74) is 2.26. The summed E-state index contributed by atoms with van der Waals surface area (Å²) in [7, 11) is 0. The number of hydrogen-bond acceptors (Lipinski definition) is 6. The third-order valence-electron chi connectivity index (χ3n) is 4.59. The van der Waals surface area contributed by atoms with Crippen molar-refractivity contribution in [2.75, 3.05) is 11.9 Å². The molecule has 11 heteroatoms. The zero-order valence-electron chi connectivity index (χ0n) is 18.2. The molecule has 1 aromatic carbocycles. The molecule has 3 aromatic rings. The zero-order chi connectivity index (χ0) is 24.2. The largest absolute Gasteiger partial charge is 0.405 e. The number of benzene rings is 1. The van der Waals surface area contributed by atoms with E-state index in [1.165, 1.54) is 12.1 Å². The first-order valence-electron chi connectivity index (χ1n) is 9.95. The minimum atomic E-state index is -4.47. The molecule has 2 aromatic heterocycles. The molecule has 0 bridgehead atoms. The molecule has 172 valence electrons. The molecular weight excluding hydrogens is 435 g/mol. The molecule has 0 spiro atoms. The third-order valence-corrected chi connectivity index (χ3v) is 4.59. The minimum absolute atomic E-state index is 0.112. The standard InChI is InChI=1S/C22H22F3N7O/c1-14-8-27-20(30-17-9-29-32(10-17)13-21(2,3)11-26)31-18(14)15-4-6-16(7-5-15)19(33)28-12-22(23,24)25/h4-10H,12-13H2,1-3H3,(H,28,33)(H,27,30,31). The highest BCUT2D eigenvalue weighted by molar-refractivity contribution is 5.94. The van der Waals surface area contributed by atoms with Crippen molar-refractivity contribution in [3.63, 3.8) is 0 Å². The highest BCUT2D eigenvalue weighted by atomic mass is 19.4. The minimum Gasteiger partial charge on any atom is -0.343 e. The Morgan fingerprint density at radius 2 is 1.88 bits per heavy atom. The Hall–Kier alpha value is -3.94. The first-order valence-corrected chi connectivity index (χ1v) is 9.95. The van der Waals surface area contributed by atoms with Gasteiger partial charge in [0.15, 0.2) is 0 Å². The number of aromatic nitrogens is 4. The van der Waals surface area contributed by atoms with E-state index in [1.807, 2.05) is 26.1 Å². The lowest BCUT2D eigenvalue weighted by molar-refractivity contribution is -0.123. The van der Waals surface area contributed by atoms with Gasteiger partial charge in [0.1, 0.15) is 6.54 Å². The number of carbonyl (C=O) groups is 1. The van der Waals surface area contributed by atoms with Gasteiger partial charge in [0.05, 0.1) is 35.6 Å². The Balaban J connectivity index is 1.74. The number of rotatable bonds is 7. The summed E-state index contributed by atoms with van der Waals surface area (Å²) in [5, 5.41) is 18.3. The fraction of sp³-hybridized carbons (Fsp3) is 0.318. The van der Waals surface area contributed by atoms with Crippen LogP contribution in [0, 0.1) is 23.7 Å². The molecule has 0 aliphatic rings. The van der Waals surface area contributed by atoms with E-state index in [9.17, 15) is 23.2 Å². The van der Waals surface area contributed by atoms with Gasteiger partial charge in [0.25, 0.3) is 5.91 Å². The summed E-state index contributed by atoms with van der Waals surface area (Å²) in [5.74, 6) is -0.487. The van der Waals surface area contributed by atoms with Gasteiger partial charge in [-0.05, 0) is 38.5 Å². The average Bonchev–Trinajstić information content (AvgIpc) is 3.19. The van der Waals surface area contributed by atoms with E-state index in [2.05, 4.69) is 26.5 Å². The summed E-state index contributed by atoms with van der Waals surface area (Å²) in [6.07, 6.45) is 0.512. The van der Waals surface area contributed by atoms with Gasteiger partial charge >= 0.3 is 6.18 Å². The Morgan fingerprint density at radius 1 is 1.18 bits per heavy atom. The molecule has 0 aliphatic heterocycles. The van der Waals surface area contributed by atoms with Crippen LogP contribution < -0.4 is 10.6 Å². The second-order valence-electron chi connectivity index (χ2n) is 8.15. The van der Waals surface area contributed by atoms with Crippen LogP contribution in [0.4, 0.5) is 24.8 Å². The number of hydrogen-bond donors (Lipinski definition) is 2. The maximum absolute atomic E-state index is 12.3. The van der Waals surface area contributed by atoms with Crippen LogP contribution in [0.3, 0.4) is 0 Å². The van der Waals surface area contributed by atoms with Gasteiger partial charge in [-0.25, -0.2) is 9.97 Å². The van der Waals surface area contributed by atoms with Gasteiger partial charge < -0.3 is 10.6 Å². The topological polar surface area (TPSA) is 109 Å². The summed E-state index contributed by atoms with van der Waals surface area (Å²) in [6, 6.07) is 8.34. The van der Waals surface area contributed by atoms with E-state index in [4.69, 9.17) is 0 Å². The molecule has 2 heterocycles. The highest BCUT2D eigenvalue weighted by Crippen LogP contribution is 2.24. The van der Waals surface area contributed by atoms with E-state index in [-0.39, 0.29) is 5.56 Å². The van der Waals surface area contributed by atoms with Crippen LogP contribution in [0.5, 0.6) is 0 Å². The Morgan fingerprint density at radius 3 is 2.52 bits per heavy atom. The normalized spacial score (nSPS) is 11.7. The predicted octanol–water partition coefficient (Wildman–Crippen LogP) is 4.23.